The number of nitrogens with one attached hydrogen (secondary N) is 1. The van der Waals surface area contributed by atoms with Gasteiger partial charge >= 0.3 is 5.97 Å². The fourth-order valence-corrected chi connectivity index (χ4v) is 10.1. The molecule has 6 heteroatoms. The summed E-state index contributed by atoms with van der Waals surface area (Å²) in [6, 6.07) is 9.71. The summed E-state index contributed by atoms with van der Waals surface area (Å²) in [7, 11) is 4.28. The largest absolute Gasteiger partial charge is 0.462 e. The van der Waals surface area contributed by atoms with Crippen LogP contribution >= 0.6 is 0 Å². The van der Waals surface area contributed by atoms with Gasteiger partial charge in [-0.2, -0.15) is 0 Å². The molecule has 1 amide bonds. The van der Waals surface area contributed by atoms with E-state index in [9.17, 15) is 9.59 Å². The van der Waals surface area contributed by atoms with Crippen LogP contribution in [0.2, 0.25) is 0 Å². The highest BCUT2D eigenvalue weighted by Crippen LogP contribution is 2.70. The second-order valence-electron chi connectivity index (χ2n) is 14.7. The van der Waals surface area contributed by atoms with Crippen molar-refractivity contribution in [2.45, 2.75) is 90.5 Å². The molecule has 1 aliphatic heterocycles. The van der Waals surface area contributed by atoms with Gasteiger partial charge < -0.3 is 19.7 Å². The minimum atomic E-state index is -0.322. The first-order valence-electron chi connectivity index (χ1n) is 15.6. The van der Waals surface area contributed by atoms with E-state index in [1.54, 1.807) is 6.92 Å². The normalized spacial score (nSPS) is 43.3. The van der Waals surface area contributed by atoms with Gasteiger partial charge in [-0.3, -0.25) is 9.59 Å². The van der Waals surface area contributed by atoms with E-state index in [2.05, 4.69) is 70.2 Å². The monoisotopic (exact) mass is 560 g/mol. The topological polar surface area (TPSA) is 67.9 Å². The number of hydrogen-bond acceptors (Lipinski definition) is 5. The summed E-state index contributed by atoms with van der Waals surface area (Å²) in [5.74, 6) is 0.791. The molecule has 2 saturated carbocycles. The Labute approximate surface area is 245 Å². The molecule has 1 saturated heterocycles. The maximum absolute atomic E-state index is 13.2. The number of carbonyl (C=O) groups excluding carboxylic acids is 2. The number of nitrogens with zero attached hydrogens (tertiary/aromatic N) is 1. The van der Waals surface area contributed by atoms with Crippen molar-refractivity contribution in [3.63, 3.8) is 0 Å². The van der Waals surface area contributed by atoms with Crippen LogP contribution in [0.25, 0.3) is 0 Å². The van der Waals surface area contributed by atoms with Gasteiger partial charge in [-0.05, 0) is 75.6 Å². The molecule has 1 aromatic carbocycles. The van der Waals surface area contributed by atoms with Crippen molar-refractivity contribution in [1.29, 1.82) is 0 Å². The third-order valence-corrected chi connectivity index (χ3v) is 12.6. The van der Waals surface area contributed by atoms with Crippen LogP contribution in [0.1, 0.15) is 77.1 Å². The van der Waals surface area contributed by atoms with Gasteiger partial charge in [0, 0.05) is 42.2 Å². The van der Waals surface area contributed by atoms with Crippen molar-refractivity contribution in [1.82, 2.24) is 10.2 Å². The molecule has 3 fully saturated rings. The number of benzene rings is 1. The predicted molar refractivity (Wildman–Crippen MR) is 160 cm³/mol. The molecular formula is C35H48N2O4. The summed E-state index contributed by atoms with van der Waals surface area (Å²) < 4.78 is 12.9. The number of hydrogen-bond donors (Lipinski definition) is 1. The Bertz CT molecular complexity index is 1270. The molecule has 10 atom stereocenters. The van der Waals surface area contributed by atoms with Crippen molar-refractivity contribution < 1.29 is 19.1 Å². The van der Waals surface area contributed by atoms with E-state index >= 15 is 0 Å². The van der Waals surface area contributed by atoms with Crippen molar-refractivity contribution in [2.75, 3.05) is 20.7 Å². The molecule has 1 heterocycles. The van der Waals surface area contributed by atoms with Gasteiger partial charge in [0.2, 0.25) is 0 Å². The van der Waals surface area contributed by atoms with E-state index < -0.39 is 0 Å². The van der Waals surface area contributed by atoms with Gasteiger partial charge in [0.05, 0.1) is 18.2 Å². The zero-order valence-electron chi connectivity index (χ0n) is 25.9. The summed E-state index contributed by atoms with van der Waals surface area (Å²) in [5, 5.41) is 3.35. The molecule has 222 valence electrons. The zero-order chi connectivity index (χ0) is 29.4. The SMILES string of the molecule is CC(=O)O[C@@H]1C[C@@]2(C)[C@@H]3CC[C@H]4[C@]5(C)CO[C@]4(C=C[C@@H]5NC(=O)c4ccccc4)CC3=CC[C@]2(C)[C@H]1[C@H](C)N(C)C. The third-order valence-electron chi connectivity index (χ3n) is 12.6. The fraction of sp³-hybridized carbons (Fsp3) is 0.657. The third kappa shape index (κ3) is 4.18. The maximum atomic E-state index is 13.2. The molecule has 0 spiro atoms. The lowest BCUT2D eigenvalue weighted by molar-refractivity contribution is -0.150. The minimum Gasteiger partial charge on any atom is -0.462 e. The Balaban J connectivity index is 1.31. The Morgan fingerprint density at radius 2 is 1.83 bits per heavy atom. The van der Waals surface area contributed by atoms with E-state index in [0.29, 0.717) is 30.0 Å². The van der Waals surface area contributed by atoms with Crippen LogP contribution in [0, 0.1) is 34.0 Å². The Morgan fingerprint density at radius 1 is 1.10 bits per heavy atom. The first kappa shape index (κ1) is 28.7. The number of esters is 1. The average molecular weight is 561 g/mol. The van der Waals surface area contributed by atoms with E-state index in [1.807, 2.05) is 30.3 Å². The highest BCUT2D eigenvalue weighted by Gasteiger charge is 2.68. The lowest BCUT2D eigenvalue weighted by atomic mass is 9.51. The molecule has 6 rings (SSSR count). The van der Waals surface area contributed by atoms with Crippen LogP contribution in [0.4, 0.5) is 0 Å². The van der Waals surface area contributed by atoms with Gasteiger partial charge in [-0.25, -0.2) is 0 Å². The summed E-state index contributed by atoms with van der Waals surface area (Å²) in [6.45, 7) is 11.8. The highest BCUT2D eigenvalue weighted by atomic mass is 16.5. The lowest BCUT2D eigenvalue weighted by Gasteiger charge is -2.54. The van der Waals surface area contributed by atoms with Crippen LogP contribution in [-0.2, 0) is 14.3 Å². The molecule has 6 nitrogen and oxygen atoms in total. The lowest BCUT2D eigenvalue weighted by Crippen LogP contribution is -2.53. The molecule has 0 unspecified atom stereocenters. The molecule has 5 aliphatic rings. The molecule has 4 aliphatic carbocycles. The van der Waals surface area contributed by atoms with E-state index in [-0.39, 0.29) is 51.8 Å². The summed E-state index contributed by atoms with van der Waals surface area (Å²) >= 11 is 0. The number of ether oxygens (including phenoxy) is 2. The molecule has 1 N–H and O–H groups in total. The van der Waals surface area contributed by atoms with E-state index in [4.69, 9.17) is 9.47 Å². The summed E-state index contributed by atoms with van der Waals surface area (Å²) in [6.07, 6.45) is 11.9. The van der Waals surface area contributed by atoms with Gasteiger partial charge in [0.15, 0.2) is 0 Å². The fourth-order valence-electron chi connectivity index (χ4n) is 10.1. The number of carbonyl (C=O) groups is 2. The first-order valence-corrected chi connectivity index (χ1v) is 15.6. The van der Waals surface area contributed by atoms with Crippen LogP contribution in [0.5, 0.6) is 0 Å². The maximum Gasteiger partial charge on any atom is 0.302 e. The molecule has 1 aromatic rings. The van der Waals surface area contributed by atoms with Crippen LogP contribution < -0.4 is 5.32 Å². The summed E-state index contributed by atoms with van der Waals surface area (Å²) in [5.41, 5.74) is 1.75. The van der Waals surface area contributed by atoms with Crippen molar-refractivity contribution >= 4 is 11.9 Å². The van der Waals surface area contributed by atoms with Gasteiger partial charge in [-0.15, -0.1) is 0 Å². The van der Waals surface area contributed by atoms with Gasteiger partial charge in [0.25, 0.3) is 5.91 Å². The number of amides is 1. The second-order valence-corrected chi connectivity index (χ2v) is 14.7. The van der Waals surface area contributed by atoms with Crippen molar-refractivity contribution in [3.05, 3.63) is 59.7 Å². The Hall–Kier alpha value is -2.44. The number of fused-ring (bicyclic) bond motifs is 3. The molecule has 2 bridgehead atoms. The van der Waals surface area contributed by atoms with Crippen molar-refractivity contribution in [3.8, 4) is 0 Å². The highest BCUT2D eigenvalue weighted by molar-refractivity contribution is 5.94. The van der Waals surface area contributed by atoms with Crippen LogP contribution in [0.3, 0.4) is 0 Å². The summed E-state index contributed by atoms with van der Waals surface area (Å²) in [4.78, 5) is 27.7. The van der Waals surface area contributed by atoms with E-state index in [0.717, 1.165) is 32.1 Å². The number of rotatable bonds is 5. The van der Waals surface area contributed by atoms with Crippen LogP contribution in [-0.4, -0.2) is 61.3 Å². The standard InChI is InChI=1S/C35H48N2O4/c1-22(37(6)7)30-27(41-23(2)38)20-34(5)26-13-14-28-32(3)21-40-35(28,19-25(26)15-17-33(30,34)4)18-16-29(32)36-31(39)24-11-9-8-10-12-24/h8-12,15-16,18,22,26-30H,13-14,17,19-21H2,1-7H3,(H,36,39)/t22-,26+,27+,28-,29-,30-,32-,33+,34-,35+/m0/s1. The van der Waals surface area contributed by atoms with E-state index in [1.165, 1.54) is 5.57 Å². The molecule has 0 aromatic heterocycles. The second kappa shape index (κ2) is 9.80. The zero-order valence-corrected chi connectivity index (χ0v) is 25.9. The number of allylic oxidation sites excluding steroid dienone is 1. The predicted octanol–water partition coefficient (Wildman–Crippen LogP) is 5.79. The Morgan fingerprint density at radius 3 is 2.51 bits per heavy atom. The first-order chi connectivity index (χ1) is 19.3. The molecular weight excluding hydrogens is 512 g/mol. The van der Waals surface area contributed by atoms with Gasteiger partial charge in [0.1, 0.15) is 6.10 Å². The van der Waals surface area contributed by atoms with Crippen molar-refractivity contribution in [2.24, 2.45) is 34.0 Å². The quantitative estimate of drug-likeness (QED) is 0.365. The average Bonchev–Trinajstić information content (AvgIpc) is 3.16. The molecule has 0 radical (unpaired) electrons. The van der Waals surface area contributed by atoms with Gasteiger partial charge in [-0.1, -0.05) is 62.8 Å². The molecule has 41 heavy (non-hydrogen) atoms. The minimum absolute atomic E-state index is 0.0149. The smallest absolute Gasteiger partial charge is 0.302 e. The Kier molecular flexibility index (Phi) is 6.86. The van der Waals surface area contributed by atoms with Crippen LogP contribution in [0.15, 0.2) is 54.1 Å².